The van der Waals surface area contributed by atoms with Crippen molar-refractivity contribution in [3.63, 3.8) is 0 Å². The molecule has 2 unspecified atom stereocenters. The third-order valence-corrected chi connectivity index (χ3v) is 11.2. The largest absolute Gasteiger partial charge is 0.462 e. The van der Waals surface area contributed by atoms with Gasteiger partial charge < -0.3 is 14.2 Å². The Hall–Kier alpha value is -1.59. The van der Waals surface area contributed by atoms with Gasteiger partial charge in [-0.2, -0.15) is 0 Å². The number of rotatable bonds is 41. The third kappa shape index (κ3) is 38.5. The maximum atomic E-state index is 12.7. The SMILES string of the molecule is CCCCCCCCCCCCCCCC(=O)OC[C@H](COC(=O)CCCCCCCCC(C)CC)OC(=O)CCCCCCCCCCC(C)CC. The van der Waals surface area contributed by atoms with Crippen molar-refractivity contribution in [2.45, 2.75) is 259 Å². The molecule has 0 aromatic rings. The summed E-state index contributed by atoms with van der Waals surface area (Å²) in [6.07, 6.45) is 37.9. The molecule has 6 heteroatoms. The van der Waals surface area contributed by atoms with Crippen LogP contribution < -0.4 is 0 Å². The summed E-state index contributed by atoms with van der Waals surface area (Å²) in [4.78, 5) is 37.7. The van der Waals surface area contributed by atoms with Crippen LogP contribution in [-0.2, 0) is 28.6 Å². The lowest BCUT2D eigenvalue weighted by Gasteiger charge is -2.18. The first-order valence-corrected chi connectivity index (χ1v) is 23.3. The summed E-state index contributed by atoms with van der Waals surface area (Å²) < 4.78 is 16.7. The zero-order valence-corrected chi connectivity index (χ0v) is 36.1. The number of carbonyl (C=O) groups is 3. The maximum Gasteiger partial charge on any atom is 0.306 e. The number of esters is 3. The van der Waals surface area contributed by atoms with Crippen molar-refractivity contribution < 1.29 is 28.6 Å². The van der Waals surface area contributed by atoms with Gasteiger partial charge in [-0.05, 0) is 31.1 Å². The van der Waals surface area contributed by atoms with Crippen LogP contribution in [0.4, 0.5) is 0 Å². The van der Waals surface area contributed by atoms with Crippen molar-refractivity contribution in [1.29, 1.82) is 0 Å². The highest BCUT2D eigenvalue weighted by Gasteiger charge is 2.19. The molecule has 53 heavy (non-hydrogen) atoms. The summed E-state index contributed by atoms with van der Waals surface area (Å²) in [5.41, 5.74) is 0. The van der Waals surface area contributed by atoms with E-state index in [0.717, 1.165) is 69.6 Å². The molecule has 3 atom stereocenters. The van der Waals surface area contributed by atoms with Gasteiger partial charge in [0.25, 0.3) is 0 Å². The number of ether oxygens (including phenoxy) is 3. The minimum absolute atomic E-state index is 0.0655. The lowest BCUT2D eigenvalue weighted by molar-refractivity contribution is -0.167. The quantitative estimate of drug-likeness (QED) is 0.0352. The summed E-state index contributed by atoms with van der Waals surface area (Å²) in [6, 6.07) is 0. The summed E-state index contributed by atoms with van der Waals surface area (Å²) in [5, 5.41) is 0. The second kappa shape index (κ2) is 40.1. The molecule has 0 radical (unpaired) electrons. The summed E-state index contributed by atoms with van der Waals surface area (Å²) in [6.45, 7) is 11.3. The van der Waals surface area contributed by atoms with E-state index in [9.17, 15) is 14.4 Å². The lowest BCUT2D eigenvalue weighted by atomic mass is 9.99. The van der Waals surface area contributed by atoms with E-state index in [1.807, 2.05) is 0 Å². The molecule has 0 aliphatic carbocycles. The van der Waals surface area contributed by atoms with Crippen LogP contribution in [0, 0.1) is 11.8 Å². The van der Waals surface area contributed by atoms with Gasteiger partial charge in [0.1, 0.15) is 13.2 Å². The Bertz CT molecular complexity index is 813. The van der Waals surface area contributed by atoms with E-state index in [4.69, 9.17) is 14.2 Å². The Morgan fingerprint density at radius 1 is 0.377 bits per heavy atom. The van der Waals surface area contributed by atoms with Gasteiger partial charge in [0, 0.05) is 19.3 Å². The standard InChI is InChI=1S/C47H90O6/c1-6-9-10-11-12-13-14-15-16-17-21-27-32-37-45(48)51-40-44(41-52-46(49)38-33-28-24-23-26-31-36-43(5)8-3)53-47(50)39-34-29-22-19-18-20-25-30-35-42(4)7-2/h42-44H,6-41H2,1-5H3/t42?,43?,44-/m1/s1. The molecule has 0 fully saturated rings. The van der Waals surface area contributed by atoms with Crippen molar-refractivity contribution in [1.82, 2.24) is 0 Å². The molecule has 0 aliphatic rings. The fourth-order valence-electron chi connectivity index (χ4n) is 6.86. The first kappa shape index (κ1) is 51.4. The van der Waals surface area contributed by atoms with Crippen LogP contribution in [0.3, 0.4) is 0 Å². The molecule has 0 saturated carbocycles. The van der Waals surface area contributed by atoms with Gasteiger partial charge in [0.05, 0.1) is 0 Å². The zero-order chi connectivity index (χ0) is 39.0. The van der Waals surface area contributed by atoms with Crippen LogP contribution in [0.1, 0.15) is 253 Å². The van der Waals surface area contributed by atoms with Crippen LogP contribution in [0.5, 0.6) is 0 Å². The molecule has 6 nitrogen and oxygen atoms in total. The second-order valence-electron chi connectivity index (χ2n) is 16.5. The molecular weight excluding hydrogens is 661 g/mol. The number of unbranched alkanes of at least 4 members (excludes halogenated alkanes) is 24. The van der Waals surface area contributed by atoms with Crippen LogP contribution in [0.2, 0.25) is 0 Å². The van der Waals surface area contributed by atoms with Crippen molar-refractivity contribution >= 4 is 17.9 Å². The third-order valence-electron chi connectivity index (χ3n) is 11.2. The monoisotopic (exact) mass is 751 g/mol. The van der Waals surface area contributed by atoms with Gasteiger partial charge in [-0.25, -0.2) is 0 Å². The number of hydrogen-bond donors (Lipinski definition) is 0. The predicted molar refractivity (Wildman–Crippen MR) is 224 cm³/mol. The molecule has 0 bridgehead atoms. The topological polar surface area (TPSA) is 78.9 Å². The second-order valence-corrected chi connectivity index (χ2v) is 16.5. The molecule has 314 valence electrons. The summed E-state index contributed by atoms with van der Waals surface area (Å²) in [5.74, 6) is 0.799. The predicted octanol–water partition coefficient (Wildman–Crippen LogP) is 14.6. The van der Waals surface area contributed by atoms with E-state index in [1.54, 1.807) is 0 Å². The fourth-order valence-corrected chi connectivity index (χ4v) is 6.86. The Morgan fingerprint density at radius 2 is 0.660 bits per heavy atom. The van der Waals surface area contributed by atoms with Crippen molar-refractivity contribution in [3.05, 3.63) is 0 Å². The highest BCUT2D eigenvalue weighted by Crippen LogP contribution is 2.17. The maximum absolute atomic E-state index is 12.7. The van der Waals surface area contributed by atoms with Gasteiger partial charge in [-0.1, -0.05) is 214 Å². The Kier molecular flexibility index (Phi) is 38.9. The zero-order valence-electron chi connectivity index (χ0n) is 36.1. The van der Waals surface area contributed by atoms with Crippen LogP contribution in [0.15, 0.2) is 0 Å². The molecule has 0 rings (SSSR count). The van der Waals surface area contributed by atoms with E-state index in [2.05, 4.69) is 34.6 Å². The lowest BCUT2D eigenvalue weighted by Crippen LogP contribution is -2.30. The number of hydrogen-bond acceptors (Lipinski definition) is 6. The van der Waals surface area contributed by atoms with Gasteiger partial charge in [0.2, 0.25) is 0 Å². The minimum atomic E-state index is -0.761. The highest BCUT2D eigenvalue weighted by atomic mass is 16.6. The van der Waals surface area contributed by atoms with Gasteiger partial charge in [0.15, 0.2) is 6.10 Å². The summed E-state index contributed by atoms with van der Waals surface area (Å²) >= 11 is 0. The van der Waals surface area contributed by atoms with Crippen molar-refractivity contribution in [2.75, 3.05) is 13.2 Å². The fraction of sp³-hybridized carbons (Fsp3) is 0.936. The van der Waals surface area contributed by atoms with Crippen LogP contribution in [0.25, 0.3) is 0 Å². The average molecular weight is 751 g/mol. The van der Waals surface area contributed by atoms with E-state index < -0.39 is 6.10 Å². The highest BCUT2D eigenvalue weighted by molar-refractivity contribution is 5.71. The molecule has 0 N–H and O–H groups in total. The van der Waals surface area contributed by atoms with E-state index in [0.29, 0.717) is 19.3 Å². The molecule has 0 saturated heterocycles. The van der Waals surface area contributed by atoms with Gasteiger partial charge >= 0.3 is 17.9 Å². The van der Waals surface area contributed by atoms with Gasteiger partial charge in [-0.3, -0.25) is 14.4 Å². The van der Waals surface area contributed by atoms with E-state index in [1.165, 1.54) is 141 Å². The molecule has 0 amide bonds. The van der Waals surface area contributed by atoms with Gasteiger partial charge in [-0.15, -0.1) is 0 Å². The normalized spacial score (nSPS) is 13.1. The van der Waals surface area contributed by atoms with E-state index in [-0.39, 0.29) is 31.1 Å². The first-order chi connectivity index (χ1) is 25.8. The first-order valence-electron chi connectivity index (χ1n) is 23.3. The average Bonchev–Trinajstić information content (AvgIpc) is 3.15. The molecule has 0 aromatic carbocycles. The Morgan fingerprint density at radius 3 is 0.981 bits per heavy atom. The van der Waals surface area contributed by atoms with Crippen molar-refractivity contribution in [2.24, 2.45) is 11.8 Å². The van der Waals surface area contributed by atoms with E-state index >= 15 is 0 Å². The smallest absolute Gasteiger partial charge is 0.306 e. The summed E-state index contributed by atoms with van der Waals surface area (Å²) in [7, 11) is 0. The Labute approximate surface area is 329 Å². The molecular formula is C47H90O6. The molecule has 0 aliphatic heterocycles. The van der Waals surface area contributed by atoms with Crippen LogP contribution in [-0.4, -0.2) is 37.2 Å². The number of carbonyl (C=O) groups excluding carboxylic acids is 3. The minimum Gasteiger partial charge on any atom is -0.462 e. The molecule has 0 spiro atoms. The molecule has 0 aromatic heterocycles. The van der Waals surface area contributed by atoms with Crippen molar-refractivity contribution in [3.8, 4) is 0 Å². The van der Waals surface area contributed by atoms with Crippen LogP contribution >= 0.6 is 0 Å². The molecule has 0 heterocycles. The Balaban J connectivity index is 4.35.